The fourth-order valence-electron chi connectivity index (χ4n) is 1.08. The molecule has 0 fully saturated rings. The molecule has 1 aromatic rings. The number of nitriles is 1. The van der Waals surface area contributed by atoms with Gasteiger partial charge in [-0.1, -0.05) is 0 Å². The standard InChI is InChI=1S/C11H14N4O/c1-8(6-12)14-11(16)15-10-4-2-9(7-13)3-5-10/h2-5,8H,6,12H2,1H3,(H2,14,15,16)/t8-/m1/s1. The van der Waals surface area contributed by atoms with Crippen molar-refractivity contribution in [3.8, 4) is 6.07 Å². The fraction of sp³-hybridized carbons (Fsp3) is 0.273. The van der Waals surface area contributed by atoms with Gasteiger partial charge in [0.25, 0.3) is 0 Å². The van der Waals surface area contributed by atoms with Crippen LogP contribution in [-0.2, 0) is 0 Å². The lowest BCUT2D eigenvalue weighted by Crippen LogP contribution is -2.40. The normalized spacial score (nSPS) is 11.3. The molecule has 0 aliphatic carbocycles. The van der Waals surface area contributed by atoms with Gasteiger partial charge in [-0.15, -0.1) is 0 Å². The van der Waals surface area contributed by atoms with Crippen molar-refractivity contribution in [1.29, 1.82) is 5.26 Å². The van der Waals surface area contributed by atoms with Crippen LogP contribution in [0.1, 0.15) is 12.5 Å². The monoisotopic (exact) mass is 218 g/mol. The molecule has 0 bridgehead atoms. The molecule has 0 radical (unpaired) electrons. The Morgan fingerprint density at radius 1 is 1.50 bits per heavy atom. The first-order valence-electron chi connectivity index (χ1n) is 4.93. The smallest absolute Gasteiger partial charge is 0.319 e. The molecule has 5 nitrogen and oxygen atoms in total. The molecule has 5 heteroatoms. The molecule has 2 amide bonds. The quantitative estimate of drug-likeness (QED) is 0.707. The number of anilines is 1. The van der Waals surface area contributed by atoms with Crippen LogP contribution in [0.2, 0.25) is 0 Å². The van der Waals surface area contributed by atoms with E-state index in [-0.39, 0.29) is 12.1 Å². The molecule has 4 N–H and O–H groups in total. The van der Waals surface area contributed by atoms with E-state index in [0.29, 0.717) is 17.8 Å². The molecular formula is C11H14N4O. The summed E-state index contributed by atoms with van der Waals surface area (Å²) in [5.41, 5.74) is 6.57. The Labute approximate surface area is 94.2 Å². The van der Waals surface area contributed by atoms with Crippen LogP contribution in [0, 0.1) is 11.3 Å². The zero-order chi connectivity index (χ0) is 12.0. The van der Waals surface area contributed by atoms with Crippen LogP contribution in [0.3, 0.4) is 0 Å². The maximum atomic E-state index is 11.4. The number of amides is 2. The van der Waals surface area contributed by atoms with E-state index in [9.17, 15) is 4.79 Å². The molecule has 1 atom stereocenters. The first-order valence-corrected chi connectivity index (χ1v) is 4.93. The second-order valence-corrected chi connectivity index (χ2v) is 3.42. The van der Waals surface area contributed by atoms with E-state index in [1.54, 1.807) is 24.3 Å². The number of hydrogen-bond donors (Lipinski definition) is 3. The maximum absolute atomic E-state index is 11.4. The summed E-state index contributed by atoms with van der Waals surface area (Å²) < 4.78 is 0. The number of carbonyl (C=O) groups is 1. The van der Waals surface area contributed by atoms with E-state index in [4.69, 9.17) is 11.0 Å². The molecule has 1 rings (SSSR count). The van der Waals surface area contributed by atoms with E-state index in [2.05, 4.69) is 10.6 Å². The lowest BCUT2D eigenvalue weighted by Gasteiger charge is -2.12. The van der Waals surface area contributed by atoms with Crippen LogP contribution in [0.15, 0.2) is 24.3 Å². The minimum Gasteiger partial charge on any atom is -0.334 e. The van der Waals surface area contributed by atoms with Crippen LogP contribution in [0.4, 0.5) is 10.5 Å². The van der Waals surface area contributed by atoms with Gasteiger partial charge in [-0.2, -0.15) is 5.26 Å². The Balaban J connectivity index is 2.53. The summed E-state index contributed by atoms with van der Waals surface area (Å²) in [5.74, 6) is 0. The van der Waals surface area contributed by atoms with Gasteiger partial charge in [0.2, 0.25) is 0 Å². The van der Waals surface area contributed by atoms with Gasteiger partial charge < -0.3 is 16.4 Å². The summed E-state index contributed by atoms with van der Waals surface area (Å²) in [6.07, 6.45) is 0. The molecule has 0 aliphatic heterocycles. The zero-order valence-electron chi connectivity index (χ0n) is 9.03. The number of rotatable bonds is 3. The van der Waals surface area contributed by atoms with Crippen LogP contribution >= 0.6 is 0 Å². The molecular weight excluding hydrogens is 204 g/mol. The van der Waals surface area contributed by atoms with Crippen molar-refractivity contribution < 1.29 is 4.79 Å². The van der Waals surface area contributed by atoms with Crippen molar-refractivity contribution in [3.63, 3.8) is 0 Å². The molecule has 0 saturated heterocycles. The topological polar surface area (TPSA) is 90.9 Å². The molecule has 0 spiro atoms. The van der Waals surface area contributed by atoms with Gasteiger partial charge in [0.15, 0.2) is 0 Å². The minimum atomic E-state index is -0.303. The SMILES string of the molecule is C[C@H](CN)NC(=O)Nc1ccc(C#N)cc1. The predicted octanol–water partition coefficient (Wildman–Crippen LogP) is 1.03. The molecule has 0 unspecified atom stereocenters. The largest absolute Gasteiger partial charge is 0.334 e. The van der Waals surface area contributed by atoms with Gasteiger partial charge in [-0.05, 0) is 31.2 Å². The van der Waals surface area contributed by atoms with Crippen molar-refractivity contribution in [2.45, 2.75) is 13.0 Å². The number of benzene rings is 1. The second kappa shape index (κ2) is 5.73. The van der Waals surface area contributed by atoms with Gasteiger partial charge in [0.1, 0.15) is 0 Å². The van der Waals surface area contributed by atoms with Crippen molar-refractivity contribution in [2.24, 2.45) is 5.73 Å². The van der Waals surface area contributed by atoms with Gasteiger partial charge in [-0.3, -0.25) is 0 Å². The Morgan fingerprint density at radius 2 is 2.12 bits per heavy atom. The molecule has 1 aromatic carbocycles. The van der Waals surface area contributed by atoms with E-state index in [1.807, 2.05) is 13.0 Å². The number of nitrogens with one attached hydrogen (secondary N) is 2. The fourth-order valence-corrected chi connectivity index (χ4v) is 1.08. The van der Waals surface area contributed by atoms with Crippen LogP contribution < -0.4 is 16.4 Å². The van der Waals surface area contributed by atoms with E-state index < -0.39 is 0 Å². The molecule has 0 aromatic heterocycles. The number of nitrogens with two attached hydrogens (primary N) is 1. The van der Waals surface area contributed by atoms with Crippen LogP contribution in [-0.4, -0.2) is 18.6 Å². The van der Waals surface area contributed by atoms with E-state index in [1.165, 1.54) is 0 Å². The average Bonchev–Trinajstić information content (AvgIpc) is 2.29. The van der Waals surface area contributed by atoms with Crippen molar-refractivity contribution in [2.75, 3.05) is 11.9 Å². The molecule has 16 heavy (non-hydrogen) atoms. The van der Waals surface area contributed by atoms with E-state index >= 15 is 0 Å². The summed E-state index contributed by atoms with van der Waals surface area (Å²) in [6, 6.07) is 8.26. The Hall–Kier alpha value is -2.06. The average molecular weight is 218 g/mol. The third kappa shape index (κ3) is 3.59. The first kappa shape index (κ1) is 12.0. The van der Waals surface area contributed by atoms with Crippen LogP contribution in [0.25, 0.3) is 0 Å². The Bertz CT molecular complexity index is 393. The summed E-state index contributed by atoms with van der Waals surface area (Å²) in [5, 5.41) is 13.9. The van der Waals surface area contributed by atoms with Crippen LogP contribution in [0.5, 0.6) is 0 Å². The third-order valence-electron chi connectivity index (χ3n) is 2.00. The molecule has 84 valence electrons. The summed E-state index contributed by atoms with van der Waals surface area (Å²) >= 11 is 0. The molecule has 0 saturated carbocycles. The zero-order valence-corrected chi connectivity index (χ0v) is 9.03. The summed E-state index contributed by atoms with van der Waals surface area (Å²) in [6.45, 7) is 2.21. The highest BCUT2D eigenvalue weighted by Crippen LogP contribution is 2.08. The number of hydrogen-bond acceptors (Lipinski definition) is 3. The van der Waals surface area contributed by atoms with Gasteiger partial charge in [-0.25, -0.2) is 4.79 Å². The predicted molar refractivity (Wildman–Crippen MR) is 61.8 cm³/mol. The minimum absolute atomic E-state index is 0.0709. The van der Waals surface area contributed by atoms with Gasteiger partial charge in [0, 0.05) is 18.3 Å². The molecule has 0 aliphatic rings. The number of carbonyl (C=O) groups excluding carboxylic acids is 1. The summed E-state index contributed by atoms with van der Waals surface area (Å²) in [4.78, 5) is 11.4. The maximum Gasteiger partial charge on any atom is 0.319 e. The highest BCUT2D eigenvalue weighted by molar-refractivity contribution is 5.89. The number of urea groups is 1. The highest BCUT2D eigenvalue weighted by atomic mass is 16.2. The Kier molecular flexibility index (Phi) is 4.30. The van der Waals surface area contributed by atoms with Crippen molar-refractivity contribution in [1.82, 2.24) is 5.32 Å². The lowest BCUT2D eigenvalue weighted by molar-refractivity contribution is 0.249. The third-order valence-corrected chi connectivity index (χ3v) is 2.00. The summed E-state index contributed by atoms with van der Waals surface area (Å²) in [7, 11) is 0. The highest BCUT2D eigenvalue weighted by Gasteiger charge is 2.05. The Morgan fingerprint density at radius 3 is 2.62 bits per heavy atom. The molecule has 0 heterocycles. The van der Waals surface area contributed by atoms with Gasteiger partial charge in [0.05, 0.1) is 11.6 Å². The van der Waals surface area contributed by atoms with Crippen molar-refractivity contribution >= 4 is 11.7 Å². The first-order chi connectivity index (χ1) is 7.65. The second-order valence-electron chi connectivity index (χ2n) is 3.42. The number of nitrogens with zero attached hydrogens (tertiary/aromatic N) is 1. The van der Waals surface area contributed by atoms with E-state index in [0.717, 1.165) is 0 Å². The van der Waals surface area contributed by atoms with Crippen molar-refractivity contribution in [3.05, 3.63) is 29.8 Å². The lowest BCUT2D eigenvalue weighted by atomic mass is 10.2. The van der Waals surface area contributed by atoms with Gasteiger partial charge >= 0.3 is 6.03 Å².